The number of hydrogen-bond acceptors (Lipinski definition) is 5. The maximum absolute atomic E-state index is 6.09. The lowest BCUT2D eigenvalue weighted by Gasteiger charge is -2.35. The van der Waals surface area contributed by atoms with Crippen molar-refractivity contribution in [2.45, 2.75) is 52.0 Å². The van der Waals surface area contributed by atoms with Gasteiger partial charge in [0.15, 0.2) is 0 Å². The van der Waals surface area contributed by atoms with E-state index in [1.165, 1.54) is 29.7 Å². The lowest BCUT2D eigenvalue weighted by molar-refractivity contribution is 0.247. The topological polar surface area (TPSA) is 41.5 Å². The number of anilines is 1. The summed E-state index contributed by atoms with van der Waals surface area (Å²) in [7, 11) is 0. The number of benzene rings is 1. The van der Waals surface area contributed by atoms with Crippen LogP contribution in [0.1, 0.15) is 49.4 Å². The summed E-state index contributed by atoms with van der Waals surface area (Å²) in [4.78, 5) is 14.7. The molecule has 150 valence electrons. The van der Waals surface area contributed by atoms with Crippen LogP contribution in [0.4, 0.5) is 5.95 Å². The number of hydrogen-bond donors (Lipinski definition) is 0. The Morgan fingerprint density at radius 2 is 1.75 bits per heavy atom. The van der Waals surface area contributed by atoms with Crippen molar-refractivity contribution in [2.24, 2.45) is 0 Å². The van der Waals surface area contributed by atoms with Crippen LogP contribution >= 0.6 is 0 Å². The molecule has 2 heterocycles. The smallest absolute Gasteiger partial charge is 0.228 e. The monoisotopic (exact) mass is 380 g/mol. The van der Waals surface area contributed by atoms with Crippen LogP contribution in [0, 0.1) is 0 Å². The summed E-state index contributed by atoms with van der Waals surface area (Å²) in [6.07, 6.45) is 6.78. The van der Waals surface area contributed by atoms with Crippen LogP contribution in [0.25, 0.3) is 0 Å². The molecule has 1 aliphatic carbocycles. The number of nitrogens with zero attached hydrogens (tertiary/aromatic N) is 4. The minimum Gasteiger partial charge on any atom is -0.477 e. The third-order valence-corrected chi connectivity index (χ3v) is 5.77. The largest absolute Gasteiger partial charge is 0.477 e. The predicted molar refractivity (Wildman–Crippen MR) is 113 cm³/mol. The Balaban J connectivity index is 1.43. The maximum Gasteiger partial charge on any atom is 0.228 e. The number of aromatic nitrogens is 2. The van der Waals surface area contributed by atoms with Gasteiger partial charge in [0.2, 0.25) is 11.8 Å². The minimum absolute atomic E-state index is 0.754. The number of rotatable bonds is 7. The Kier molecular flexibility index (Phi) is 6.42. The summed E-state index contributed by atoms with van der Waals surface area (Å²) in [5, 5.41) is 0. The van der Waals surface area contributed by atoms with Gasteiger partial charge in [-0.2, -0.15) is 4.98 Å². The van der Waals surface area contributed by atoms with Gasteiger partial charge in [0.05, 0.1) is 12.3 Å². The molecular weight excluding hydrogens is 348 g/mol. The van der Waals surface area contributed by atoms with Gasteiger partial charge < -0.3 is 9.64 Å². The van der Waals surface area contributed by atoms with Crippen molar-refractivity contribution in [1.82, 2.24) is 14.9 Å². The van der Waals surface area contributed by atoms with Crippen molar-refractivity contribution >= 4 is 5.95 Å². The zero-order valence-electron chi connectivity index (χ0n) is 17.1. The van der Waals surface area contributed by atoms with Crippen LogP contribution in [0.3, 0.4) is 0 Å². The Labute approximate surface area is 168 Å². The molecule has 2 aromatic rings. The summed E-state index contributed by atoms with van der Waals surface area (Å²) in [6.45, 7) is 8.00. The summed E-state index contributed by atoms with van der Waals surface area (Å²) in [5.74, 6) is 1.71. The molecule has 0 unspecified atom stereocenters. The van der Waals surface area contributed by atoms with Crippen LogP contribution < -0.4 is 9.64 Å². The van der Waals surface area contributed by atoms with E-state index in [1.54, 1.807) is 0 Å². The standard InChI is InChI=1S/C23H32N4O/c1-2-3-17-28-22-20-11-7-8-12-21(20)24-23(25-22)27-15-13-26(14-16-27)18-19-9-5-4-6-10-19/h4-6,9-10H,2-3,7-8,11-18H2,1H3. The van der Waals surface area contributed by atoms with Gasteiger partial charge in [-0.25, -0.2) is 4.98 Å². The molecule has 0 atom stereocenters. The van der Waals surface area contributed by atoms with E-state index >= 15 is 0 Å². The van der Waals surface area contributed by atoms with Gasteiger partial charge >= 0.3 is 0 Å². The third-order valence-electron chi connectivity index (χ3n) is 5.77. The van der Waals surface area contributed by atoms with E-state index in [0.717, 1.165) is 76.8 Å². The first-order valence-electron chi connectivity index (χ1n) is 10.9. The highest BCUT2D eigenvalue weighted by Crippen LogP contribution is 2.29. The lowest BCUT2D eigenvalue weighted by Crippen LogP contribution is -2.46. The average Bonchev–Trinajstić information content (AvgIpc) is 2.75. The van der Waals surface area contributed by atoms with E-state index < -0.39 is 0 Å². The van der Waals surface area contributed by atoms with E-state index in [9.17, 15) is 0 Å². The third kappa shape index (κ3) is 4.64. The predicted octanol–water partition coefficient (Wildman–Crippen LogP) is 3.86. The normalized spacial score (nSPS) is 17.4. The molecular formula is C23H32N4O. The van der Waals surface area contributed by atoms with Gasteiger partial charge in [0.1, 0.15) is 0 Å². The van der Waals surface area contributed by atoms with Crippen molar-refractivity contribution in [3.05, 3.63) is 47.2 Å². The second-order valence-electron chi connectivity index (χ2n) is 7.91. The molecule has 0 amide bonds. The summed E-state index contributed by atoms with van der Waals surface area (Å²) in [6, 6.07) is 10.7. The van der Waals surface area contributed by atoms with Crippen LogP contribution in [0.2, 0.25) is 0 Å². The van der Waals surface area contributed by atoms with Gasteiger partial charge in [-0.3, -0.25) is 4.90 Å². The molecule has 0 spiro atoms. The molecule has 1 saturated heterocycles. The van der Waals surface area contributed by atoms with Crippen molar-refractivity contribution in [3.63, 3.8) is 0 Å². The fraction of sp³-hybridized carbons (Fsp3) is 0.565. The van der Waals surface area contributed by atoms with E-state index in [0.29, 0.717) is 0 Å². The summed E-state index contributed by atoms with van der Waals surface area (Å²) >= 11 is 0. The molecule has 0 bridgehead atoms. The Morgan fingerprint density at radius 3 is 2.54 bits per heavy atom. The SMILES string of the molecule is CCCCOc1nc(N2CCN(Cc3ccccc3)CC2)nc2c1CCCC2. The number of ether oxygens (including phenoxy) is 1. The number of fused-ring (bicyclic) bond motifs is 1. The Bertz CT molecular complexity index is 757. The highest BCUT2D eigenvalue weighted by molar-refractivity contribution is 5.42. The number of aryl methyl sites for hydroxylation is 1. The second kappa shape index (κ2) is 9.37. The van der Waals surface area contributed by atoms with Crippen molar-refractivity contribution < 1.29 is 4.74 Å². The fourth-order valence-electron chi connectivity index (χ4n) is 4.07. The van der Waals surface area contributed by atoms with Crippen LogP contribution in [-0.2, 0) is 19.4 Å². The number of piperazine rings is 1. The summed E-state index contributed by atoms with van der Waals surface area (Å²) in [5.41, 5.74) is 3.86. The lowest BCUT2D eigenvalue weighted by atomic mass is 9.97. The van der Waals surface area contributed by atoms with Crippen LogP contribution in [0.15, 0.2) is 30.3 Å². The van der Waals surface area contributed by atoms with E-state index in [4.69, 9.17) is 14.7 Å². The zero-order valence-corrected chi connectivity index (χ0v) is 17.1. The quantitative estimate of drug-likeness (QED) is 0.683. The highest BCUT2D eigenvalue weighted by atomic mass is 16.5. The van der Waals surface area contributed by atoms with Crippen molar-refractivity contribution in [3.8, 4) is 5.88 Å². The minimum atomic E-state index is 0.754. The average molecular weight is 381 g/mol. The molecule has 28 heavy (non-hydrogen) atoms. The molecule has 4 rings (SSSR count). The molecule has 1 aromatic heterocycles. The molecule has 0 saturated carbocycles. The van der Waals surface area contributed by atoms with Crippen LogP contribution in [-0.4, -0.2) is 47.7 Å². The van der Waals surface area contributed by atoms with Crippen LogP contribution in [0.5, 0.6) is 5.88 Å². The summed E-state index contributed by atoms with van der Waals surface area (Å²) < 4.78 is 6.09. The van der Waals surface area contributed by atoms with E-state index in [1.807, 2.05) is 0 Å². The highest BCUT2D eigenvalue weighted by Gasteiger charge is 2.24. The Morgan fingerprint density at radius 1 is 0.964 bits per heavy atom. The molecule has 5 nitrogen and oxygen atoms in total. The molecule has 5 heteroatoms. The Hall–Kier alpha value is -2.14. The molecule has 1 aromatic carbocycles. The van der Waals surface area contributed by atoms with Crippen molar-refractivity contribution in [2.75, 3.05) is 37.7 Å². The molecule has 2 aliphatic rings. The van der Waals surface area contributed by atoms with Gasteiger partial charge in [0.25, 0.3) is 0 Å². The maximum atomic E-state index is 6.09. The van der Waals surface area contributed by atoms with Gasteiger partial charge in [-0.15, -0.1) is 0 Å². The second-order valence-corrected chi connectivity index (χ2v) is 7.91. The van der Waals surface area contributed by atoms with E-state index in [-0.39, 0.29) is 0 Å². The van der Waals surface area contributed by atoms with Crippen molar-refractivity contribution in [1.29, 1.82) is 0 Å². The fourth-order valence-corrected chi connectivity index (χ4v) is 4.07. The van der Waals surface area contributed by atoms with Gasteiger partial charge in [-0.1, -0.05) is 43.7 Å². The van der Waals surface area contributed by atoms with Gasteiger partial charge in [-0.05, 0) is 37.7 Å². The first-order valence-corrected chi connectivity index (χ1v) is 10.9. The molecule has 1 fully saturated rings. The van der Waals surface area contributed by atoms with E-state index in [2.05, 4.69) is 47.1 Å². The molecule has 0 N–H and O–H groups in total. The molecule has 0 radical (unpaired) electrons. The number of unbranched alkanes of at least 4 members (excludes halogenated alkanes) is 1. The first-order chi connectivity index (χ1) is 13.8. The zero-order chi connectivity index (χ0) is 19.2. The molecule has 1 aliphatic heterocycles. The van der Waals surface area contributed by atoms with Gasteiger partial charge in [0, 0.05) is 38.3 Å². The first kappa shape index (κ1) is 19.2.